The van der Waals surface area contributed by atoms with Crippen LogP contribution >= 0.6 is 0 Å². The lowest BCUT2D eigenvalue weighted by atomic mass is 9.83. The fraction of sp³-hybridized carbons (Fsp3) is 0.545. The van der Waals surface area contributed by atoms with Crippen molar-refractivity contribution in [1.29, 1.82) is 0 Å². The quantitative estimate of drug-likeness (QED) is 0.908. The average molecular weight is 367 g/mol. The monoisotopic (exact) mass is 366 g/mol. The molecular weight excluding hydrogens is 336 g/mol. The Morgan fingerprint density at radius 3 is 2.78 bits per heavy atom. The van der Waals surface area contributed by atoms with E-state index in [1.807, 2.05) is 13.1 Å². The van der Waals surface area contributed by atoms with Crippen molar-refractivity contribution in [1.82, 2.24) is 20.0 Å². The van der Waals surface area contributed by atoms with Crippen LogP contribution in [0.2, 0.25) is 0 Å². The van der Waals surface area contributed by atoms with Gasteiger partial charge in [0.05, 0.1) is 5.54 Å². The minimum atomic E-state index is -0.152. The summed E-state index contributed by atoms with van der Waals surface area (Å²) in [6.45, 7) is 3.12. The molecule has 1 amide bonds. The molecule has 144 valence electrons. The minimum Gasteiger partial charge on any atom is -0.330 e. The van der Waals surface area contributed by atoms with E-state index in [0.29, 0.717) is 17.8 Å². The van der Waals surface area contributed by atoms with Crippen LogP contribution in [-0.4, -0.2) is 44.8 Å². The molecule has 0 saturated carbocycles. The van der Waals surface area contributed by atoms with Crippen LogP contribution in [0.15, 0.2) is 42.6 Å². The lowest BCUT2D eigenvalue weighted by molar-refractivity contribution is 0.0415. The van der Waals surface area contributed by atoms with Crippen LogP contribution in [0.25, 0.3) is 0 Å². The lowest BCUT2D eigenvalue weighted by Crippen LogP contribution is -2.57. The summed E-state index contributed by atoms with van der Waals surface area (Å²) in [5, 5.41) is 8.09. The number of aryl methyl sites for hydroxylation is 1. The fourth-order valence-electron chi connectivity index (χ4n) is 4.99. The third-order valence-electron chi connectivity index (χ3n) is 6.45. The summed E-state index contributed by atoms with van der Waals surface area (Å²) in [5.41, 5.74) is 1.89. The van der Waals surface area contributed by atoms with E-state index in [1.54, 1.807) is 10.9 Å². The van der Waals surface area contributed by atoms with Crippen LogP contribution < -0.4 is 5.32 Å². The van der Waals surface area contributed by atoms with Gasteiger partial charge in [0.15, 0.2) is 0 Å². The molecule has 2 saturated heterocycles. The number of carbonyl (C=O) groups excluding carboxylic acids is 1. The highest BCUT2D eigenvalue weighted by Crippen LogP contribution is 2.37. The van der Waals surface area contributed by atoms with Crippen molar-refractivity contribution >= 4 is 5.91 Å². The van der Waals surface area contributed by atoms with Gasteiger partial charge in [-0.25, -0.2) is 0 Å². The number of hydrogen-bond acceptors (Lipinski definition) is 3. The second-order valence-corrected chi connectivity index (χ2v) is 8.31. The first-order chi connectivity index (χ1) is 13.1. The number of aromatic nitrogens is 2. The molecule has 1 aromatic heterocycles. The van der Waals surface area contributed by atoms with Crippen molar-refractivity contribution in [3.05, 3.63) is 53.9 Å². The Labute approximate surface area is 161 Å². The Morgan fingerprint density at radius 2 is 2.04 bits per heavy atom. The number of nitrogens with one attached hydrogen (secondary N) is 1. The molecule has 2 aliphatic heterocycles. The summed E-state index contributed by atoms with van der Waals surface area (Å²) in [7, 11) is 1.85. The van der Waals surface area contributed by atoms with Gasteiger partial charge in [0.25, 0.3) is 5.91 Å². The van der Waals surface area contributed by atoms with Crippen molar-refractivity contribution in [2.45, 2.75) is 63.1 Å². The van der Waals surface area contributed by atoms with Gasteiger partial charge in [0.2, 0.25) is 0 Å². The van der Waals surface area contributed by atoms with Crippen molar-refractivity contribution in [2.75, 3.05) is 6.54 Å². The number of likely N-dealkylation sites (tertiary alicyclic amines) is 1. The van der Waals surface area contributed by atoms with Crippen molar-refractivity contribution < 1.29 is 4.79 Å². The highest BCUT2D eigenvalue weighted by atomic mass is 16.2. The molecule has 0 spiro atoms. The third kappa shape index (κ3) is 3.53. The largest absolute Gasteiger partial charge is 0.330 e. The van der Waals surface area contributed by atoms with Gasteiger partial charge in [-0.1, -0.05) is 43.2 Å². The van der Waals surface area contributed by atoms with Crippen LogP contribution in [-0.2, 0) is 13.5 Å². The van der Waals surface area contributed by atoms with E-state index in [9.17, 15) is 4.79 Å². The van der Waals surface area contributed by atoms with E-state index in [-0.39, 0.29) is 11.4 Å². The van der Waals surface area contributed by atoms with E-state index in [2.05, 4.69) is 52.6 Å². The molecule has 0 aliphatic carbocycles. The summed E-state index contributed by atoms with van der Waals surface area (Å²) in [6.07, 6.45) is 8.36. The molecule has 2 fully saturated rings. The topological polar surface area (TPSA) is 50.2 Å². The molecule has 0 radical (unpaired) electrons. The van der Waals surface area contributed by atoms with Gasteiger partial charge in [-0.2, -0.15) is 5.10 Å². The SMILES string of the molecule is Cn1nccc1C(=O)N1CCCCC[C@@H]2N[C@H](Cc3ccccc3)C[C@@]21C. The molecule has 5 heteroatoms. The average Bonchev–Trinajstić information content (AvgIpc) is 3.20. The molecule has 0 bridgehead atoms. The first-order valence-corrected chi connectivity index (χ1v) is 10.2. The molecular formula is C22H30N4O. The third-order valence-corrected chi connectivity index (χ3v) is 6.45. The van der Waals surface area contributed by atoms with Gasteiger partial charge >= 0.3 is 0 Å². The maximum Gasteiger partial charge on any atom is 0.272 e. The summed E-state index contributed by atoms with van der Waals surface area (Å²) in [5.74, 6) is 0.117. The number of nitrogens with zero attached hydrogens (tertiary/aromatic N) is 3. The van der Waals surface area contributed by atoms with Crippen LogP contribution in [0.1, 0.15) is 55.1 Å². The smallest absolute Gasteiger partial charge is 0.272 e. The summed E-state index contributed by atoms with van der Waals surface area (Å²) in [6, 6.07) is 13.3. The molecule has 3 atom stereocenters. The summed E-state index contributed by atoms with van der Waals surface area (Å²) < 4.78 is 1.70. The molecule has 1 N–H and O–H groups in total. The van der Waals surface area contributed by atoms with E-state index >= 15 is 0 Å². The van der Waals surface area contributed by atoms with E-state index in [1.165, 1.54) is 18.4 Å². The first-order valence-electron chi connectivity index (χ1n) is 10.2. The van der Waals surface area contributed by atoms with Crippen molar-refractivity contribution in [3.63, 3.8) is 0 Å². The molecule has 2 aliphatic rings. The predicted octanol–water partition coefficient (Wildman–Crippen LogP) is 3.17. The van der Waals surface area contributed by atoms with Gasteiger partial charge < -0.3 is 10.2 Å². The molecule has 27 heavy (non-hydrogen) atoms. The molecule has 0 unspecified atom stereocenters. The standard InChI is InChI=1S/C22H30N4O/c1-22-16-18(15-17-9-5-3-6-10-17)24-20(22)11-7-4-8-14-26(22)21(27)19-12-13-23-25(19)2/h3,5-6,9-10,12-13,18,20,24H,4,7-8,11,14-16H2,1-2H3/t18-,20+,22+/m1/s1. The van der Waals surface area contributed by atoms with E-state index < -0.39 is 0 Å². The Hall–Kier alpha value is -2.14. The van der Waals surface area contributed by atoms with Crippen LogP contribution in [0.3, 0.4) is 0 Å². The van der Waals surface area contributed by atoms with E-state index in [4.69, 9.17) is 0 Å². The van der Waals surface area contributed by atoms with Gasteiger partial charge in [-0.05, 0) is 44.2 Å². The zero-order chi connectivity index (χ0) is 18.9. The molecule has 1 aromatic carbocycles. The van der Waals surface area contributed by atoms with Gasteiger partial charge in [-0.15, -0.1) is 0 Å². The van der Waals surface area contributed by atoms with Gasteiger partial charge in [0.1, 0.15) is 5.69 Å². The maximum absolute atomic E-state index is 13.4. The fourth-order valence-corrected chi connectivity index (χ4v) is 4.99. The van der Waals surface area contributed by atoms with Crippen LogP contribution in [0.4, 0.5) is 0 Å². The lowest BCUT2D eigenvalue weighted by Gasteiger charge is -2.44. The predicted molar refractivity (Wildman–Crippen MR) is 107 cm³/mol. The minimum absolute atomic E-state index is 0.117. The van der Waals surface area contributed by atoms with Crippen LogP contribution in [0, 0.1) is 0 Å². The normalized spacial score (nSPS) is 28.4. The Morgan fingerprint density at radius 1 is 1.22 bits per heavy atom. The second-order valence-electron chi connectivity index (χ2n) is 8.31. The Balaban J connectivity index is 1.59. The highest BCUT2D eigenvalue weighted by molar-refractivity contribution is 5.93. The molecule has 4 rings (SSSR count). The number of fused-ring (bicyclic) bond motifs is 1. The van der Waals surface area contributed by atoms with Crippen LogP contribution in [0.5, 0.6) is 0 Å². The highest BCUT2D eigenvalue weighted by Gasteiger charge is 2.49. The number of rotatable bonds is 3. The number of hydrogen-bond donors (Lipinski definition) is 1. The van der Waals surface area contributed by atoms with Gasteiger partial charge in [-0.3, -0.25) is 9.48 Å². The second kappa shape index (κ2) is 7.47. The Kier molecular flexibility index (Phi) is 5.04. The zero-order valence-electron chi connectivity index (χ0n) is 16.4. The van der Waals surface area contributed by atoms with Gasteiger partial charge in [0, 0.05) is 31.9 Å². The number of amides is 1. The molecule has 3 heterocycles. The summed E-state index contributed by atoms with van der Waals surface area (Å²) >= 11 is 0. The first kappa shape index (κ1) is 18.2. The number of benzene rings is 1. The van der Waals surface area contributed by atoms with Crippen molar-refractivity contribution in [2.24, 2.45) is 7.05 Å². The Bertz CT molecular complexity index is 787. The van der Waals surface area contributed by atoms with Crippen molar-refractivity contribution in [3.8, 4) is 0 Å². The molecule has 5 nitrogen and oxygen atoms in total. The zero-order valence-corrected chi connectivity index (χ0v) is 16.4. The summed E-state index contributed by atoms with van der Waals surface area (Å²) in [4.78, 5) is 15.5. The molecule has 2 aromatic rings. The van der Waals surface area contributed by atoms with E-state index in [0.717, 1.165) is 32.2 Å². The maximum atomic E-state index is 13.4. The number of carbonyl (C=O) groups is 1.